The predicted molar refractivity (Wildman–Crippen MR) is 125 cm³/mol. The van der Waals surface area contributed by atoms with Gasteiger partial charge in [0.1, 0.15) is 18.1 Å². The van der Waals surface area contributed by atoms with Crippen LogP contribution in [0.4, 0.5) is 0 Å². The van der Waals surface area contributed by atoms with Gasteiger partial charge in [-0.3, -0.25) is 4.68 Å². The third-order valence-corrected chi connectivity index (χ3v) is 5.38. The van der Waals surface area contributed by atoms with Gasteiger partial charge in [-0.2, -0.15) is 14.5 Å². The fourth-order valence-corrected chi connectivity index (χ4v) is 3.74. The van der Waals surface area contributed by atoms with E-state index in [0.717, 1.165) is 29.1 Å². The van der Waals surface area contributed by atoms with Gasteiger partial charge in [0.05, 0.1) is 24.1 Å². The number of aromatic nitrogens is 6. The Morgan fingerprint density at radius 3 is 2.55 bits per heavy atom. The summed E-state index contributed by atoms with van der Waals surface area (Å²) in [6.07, 6.45) is 1.83. The lowest BCUT2D eigenvalue weighted by molar-refractivity contribution is 0.294. The Bertz CT molecular complexity index is 1320. The quantitative estimate of drug-likeness (QED) is 0.411. The van der Waals surface area contributed by atoms with E-state index in [-0.39, 0.29) is 12.3 Å². The number of nitrogens with zero attached hydrogens (tertiary/aromatic N) is 6. The monoisotopic (exact) mass is 448 g/mol. The van der Waals surface area contributed by atoms with Gasteiger partial charge in [0.15, 0.2) is 0 Å². The molecule has 2 heterocycles. The van der Waals surface area contributed by atoms with Crippen LogP contribution in [0.1, 0.15) is 25.0 Å². The lowest BCUT2D eigenvalue weighted by Crippen LogP contribution is -2.23. The number of tetrazole rings is 1. The first-order chi connectivity index (χ1) is 15.9. The van der Waals surface area contributed by atoms with Crippen LogP contribution in [0.25, 0.3) is 16.9 Å². The van der Waals surface area contributed by atoms with E-state index >= 15 is 0 Å². The zero-order chi connectivity index (χ0) is 23.5. The molecule has 0 aliphatic heterocycles. The molecule has 0 aliphatic rings. The van der Waals surface area contributed by atoms with Gasteiger partial charge in [0.25, 0.3) is 0 Å². The highest BCUT2D eigenvalue weighted by molar-refractivity contribution is 5.62. The van der Waals surface area contributed by atoms with Crippen molar-refractivity contribution in [2.24, 2.45) is 13.0 Å². The molecule has 9 heteroatoms. The van der Waals surface area contributed by atoms with E-state index < -0.39 is 0 Å². The summed E-state index contributed by atoms with van der Waals surface area (Å²) in [7, 11) is 3.14. The molecule has 9 nitrogen and oxygen atoms in total. The van der Waals surface area contributed by atoms with E-state index in [1.165, 1.54) is 9.36 Å². The maximum Gasteiger partial charge on any atom is 0.368 e. The van der Waals surface area contributed by atoms with Gasteiger partial charge in [-0.25, -0.2) is 4.79 Å². The van der Waals surface area contributed by atoms with Crippen molar-refractivity contribution in [1.29, 1.82) is 0 Å². The normalized spacial score (nSPS) is 11.2. The largest absolute Gasteiger partial charge is 0.496 e. The molecule has 33 heavy (non-hydrogen) atoms. The van der Waals surface area contributed by atoms with Crippen molar-refractivity contribution in [3.8, 4) is 28.4 Å². The number of hydrogen-bond donors (Lipinski definition) is 0. The molecule has 0 aliphatic carbocycles. The van der Waals surface area contributed by atoms with Gasteiger partial charge in [-0.05, 0) is 65.2 Å². The molecular weight excluding hydrogens is 420 g/mol. The van der Waals surface area contributed by atoms with Crippen molar-refractivity contribution in [3.05, 3.63) is 70.3 Å². The van der Waals surface area contributed by atoms with E-state index in [1.807, 2.05) is 42.1 Å². The first kappa shape index (κ1) is 22.3. The predicted octanol–water partition coefficient (Wildman–Crippen LogP) is 3.38. The van der Waals surface area contributed by atoms with Crippen LogP contribution >= 0.6 is 0 Å². The van der Waals surface area contributed by atoms with Gasteiger partial charge >= 0.3 is 5.69 Å². The summed E-state index contributed by atoms with van der Waals surface area (Å²) < 4.78 is 16.1. The molecule has 0 saturated heterocycles. The minimum absolute atomic E-state index is 0.202. The summed E-state index contributed by atoms with van der Waals surface area (Å²) in [6.45, 7) is 7.42. The summed E-state index contributed by atoms with van der Waals surface area (Å²) in [4.78, 5) is 12.4. The van der Waals surface area contributed by atoms with Crippen LogP contribution in [0.2, 0.25) is 0 Å². The van der Waals surface area contributed by atoms with Crippen molar-refractivity contribution < 1.29 is 9.47 Å². The number of methoxy groups -OCH3 is 1. The zero-order valence-electron chi connectivity index (χ0n) is 19.5. The summed E-state index contributed by atoms with van der Waals surface area (Å²) in [5.41, 5.74) is 4.09. The Kier molecular flexibility index (Phi) is 6.30. The van der Waals surface area contributed by atoms with E-state index in [0.29, 0.717) is 22.9 Å². The lowest BCUT2D eigenvalue weighted by Gasteiger charge is -2.16. The Balaban J connectivity index is 1.61. The maximum atomic E-state index is 12.4. The standard InChI is InChI=1S/C24H28N6O3/c1-16(2)14-29-20(11-12-25-29)18-9-10-22(17(3)13-18)33-15-19-21(7-6-8-23(19)32-5)30-24(31)28(4)26-27-30/h6-13,16H,14-15H2,1-5H3. The Morgan fingerprint density at radius 2 is 1.88 bits per heavy atom. The fourth-order valence-electron chi connectivity index (χ4n) is 3.74. The molecule has 0 radical (unpaired) electrons. The molecular formula is C24H28N6O3. The molecule has 2 aromatic carbocycles. The maximum absolute atomic E-state index is 12.4. The summed E-state index contributed by atoms with van der Waals surface area (Å²) in [5, 5.41) is 12.2. The number of rotatable bonds is 8. The second-order valence-electron chi connectivity index (χ2n) is 8.32. The summed E-state index contributed by atoms with van der Waals surface area (Å²) in [6, 6.07) is 13.5. The zero-order valence-corrected chi connectivity index (χ0v) is 19.5. The van der Waals surface area contributed by atoms with Crippen molar-refractivity contribution in [1.82, 2.24) is 29.6 Å². The second kappa shape index (κ2) is 9.32. The summed E-state index contributed by atoms with van der Waals surface area (Å²) >= 11 is 0. The van der Waals surface area contributed by atoms with E-state index in [4.69, 9.17) is 9.47 Å². The summed E-state index contributed by atoms with van der Waals surface area (Å²) in [5.74, 6) is 1.86. The van der Waals surface area contributed by atoms with Crippen LogP contribution in [0.3, 0.4) is 0 Å². The van der Waals surface area contributed by atoms with Gasteiger partial charge in [-0.1, -0.05) is 19.9 Å². The molecule has 0 unspecified atom stereocenters. The minimum atomic E-state index is -0.344. The molecule has 0 fully saturated rings. The van der Waals surface area contributed by atoms with Crippen LogP contribution < -0.4 is 15.2 Å². The Labute approximate surface area is 192 Å². The van der Waals surface area contributed by atoms with E-state index in [2.05, 4.69) is 35.4 Å². The van der Waals surface area contributed by atoms with Gasteiger partial charge in [0.2, 0.25) is 0 Å². The van der Waals surface area contributed by atoms with Crippen LogP contribution in [-0.4, -0.2) is 36.7 Å². The SMILES string of the molecule is COc1cccc(-n2nnn(C)c2=O)c1COc1ccc(-c2ccnn2CC(C)C)cc1C. The first-order valence-electron chi connectivity index (χ1n) is 10.8. The van der Waals surface area contributed by atoms with E-state index in [9.17, 15) is 4.79 Å². The molecule has 0 spiro atoms. The third kappa shape index (κ3) is 4.52. The number of hydrogen-bond acceptors (Lipinski definition) is 6. The van der Waals surface area contributed by atoms with Crippen molar-refractivity contribution in [2.45, 2.75) is 33.9 Å². The van der Waals surface area contributed by atoms with Crippen molar-refractivity contribution in [2.75, 3.05) is 7.11 Å². The molecule has 4 aromatic rings. The number of aryl methyl sites for hydroxylation is 2. The average molecular weight is 449 g/mol. The topological polar surface area (TPSA) is 89.0 Å². The smallest absolute Gasteiger partial charge is 0.368 e. The molecule has 0 bridgehead atoms. The molecule has 2 aromatic heterocycles. The van der Waals surface area contributed by atoms with Crippen LogP contribution in [0.5, 0.6) is 11.5 Å². The number of benzene rings is 2. The van der Waals surface area contributed by atoms with Crippen molar-refractivity contribution in [3.63, 3.8) is 0 Å². The molecule has 0 saturated carbocycles. The van der Waals surface area contributed by atoms with Gasteiger partial charge < -0.3 is 9.47 Å². The molecule has 0 N–H and O–H groups in total. The second-order valence-corrected chi connectivity index (χ2v) is 8.32. The highest BCUT2D eigenvalue weighted by atomic mass is 16.5. The molecule has 172 valence electrons. The van der Waals surface area contributed by atoms with Crippen LogP contribution in [-0.2, 0) is 20.2 Å². The highest BCUT2D eigenvalue weighted by Crippen LogP contribution is 2.30. The fraction of sp³-hybridized carbons (Fsp3) is 0.333. The molecule has 0 atom stereocenters. The Hall–Kier alpha value is -3.88. The third-order valence-electron chi connectivity index (χ3n) is 5.38. The van der Waals surface area contributed by atoms with E-state index in [1.54, 1.807) is 26.3 Å². The molecule has 0 amide bonds. The first-order valence-corrected chi connectivity index (χ1v) is 10.8. The molecule has 4 rings (SSSR count). The van der Waals surface area contributed by atoms with Gasteiger partial charge in [-0.15, -0.1) is 0 Å². The Morgan fingerprint density at radius 1 is 1.06 bits per heavy atom. The van der Waals surface area contributed by atoms with Crippen molar-refractivity contribution >= 4 is 0 Å². The lowest BCUT2D eigenvalue weighted by atomic mass is 10.1. The van der Waals surface area contributed by atoms with Crippen LogP contribution in [0.15, 0.2) is 53.5 Å². The number of ether oxygens (including phenoxy) is 2. The van der Waals surface area contributed by atoms with Crippen LogP contribution in [0, 0.1) is 12.8 Å². The highest BCUT2D eigenvalue weighted by Gasteiger charge is 2.17. The van der Waals surface area contributed by atoms with Gasteiger partial charge in [0, 0.05) is 25.4 Å². The minimum Gasteiger partial charge on any atom is -0.496 e. The average Bonchev–Trinajstić information content (AvgIpc) is 3.38.